The molecule has 1 aromatic carbocycles. The van der Waals surface area contributed by atoms with E-state index in [1.165, 1.54) is 40.6 Å². The molecular weight excluding hydrogens is 378 g/mol. The monoisotopic (exact) mass is 389 g/mol. The lowest BCUT2D eigenvalue weighted by Gasteiger charge is -2.06. The van der Waals surface area contributed by atoms with Crippen LogP contribution in [0.1, 0.15) is 5.56 Å². The summed E-state index contributed by atoms with van der Waals surface area (Å²) >= 11 is 7.68. The second-order valence-corrected chi connectivity index (χ2v) is 7.73. The zero-order valence-electron chi connectivity index (χ0n) is 12.9. The van der Waals surface area contributed by atoms with Gasteiger partial charge >= 0.3 is 0 Å². The van der Waals surface area contributed by atoms with Crippen LogP contribution in [-0.4, -0.2) is 32.1 Å². The minimum atomic E-state index is -0.461. The summed E-state index contributed by atoms with van der Waals surface area (Å²) in [5, 5.41) is 11.9. The number of nitrogens with zero attached hydrogens (tertiary/aromatic N) is 3. The van der Waals surface area contributed by atoms with E-state index in [-0.39, 0.29) is 11.6 Å². The summed E-state index contributed by atoms with van der Waals surface area (Å²) in [5.41, 5.74) is 0.544. The van der Waals surface area contributed by atoms with Gasteiger partial charge in [0.15, 0.2) is 0 Å². The minimum absolute atomic E-state index is 0.0383. The number of aromatic nitrogens is 1. The predicted octanol–water partition coefficient (Wildman–Crippen LogP) is 3.97. The Balaban J connectivity index is 2.03. The van der Waals surface area contributed by atoms with E-state index >= 15 is 0 Å². The molecule has 0 bridgehead atoms. The maximum absolute atomic E-state index is 12.2. The molecule has 2 aromatic rings. The van der Waals surface area contributed by atoms with Gasteiger partial charge in [-0.05, 0) is 29.8 Å². The van der Waals surface area contributed by atoms with Crippen molar-refractivity contribution in [1.82, 2.24) is 9.88 Å². The fourth-order valence-corrected chi connectivity index (χ4v) is 4.09. The largest absolute Gasteiger partial charge is 0.296 e. The first-order valence-corrected chi connectivity index (χ1v) is 9.09. The highest BCUT2D eigenvalue weighted by Crippen LogP contribution is 2.36. The molecule has 2 heterocycles. The van der Waals surface area contributed by atoms with Crippen molar-refractivity contribution in [3.8, 4) is 0 Å². The molecule has 0 aliphatic carbocycles. The normalized spacial score (nSPS) is 15.9. The molecule has 0 spiro atoms. The molecule has 1 aliphatic rings. The highest BCUT2D eigenvalue weighted by Gasteiger charge is 2.29. The summed E-state index contributed by atoms with van der Waals surface area (Å²) in [4.78, 5) is 29.7. The maximum Gasteiger partial charge on any atom is 0.270 e. The Hall–Kier alpha value is -2.23. The zero-order valence-corrected chi connectivity index (χ0v) is 15.4. The number of pyridine rings is 1. The third-order valence-electron chi connectivity index (χ3n) is 3.33. The molecule has 1 fully saturated rings. The molecule has 1 aromatic heterocycles. The SMILES string of the molecule is CN1C(=O)C(=Cc2cc([N+](=O)[O-])ccc2Sc2ccccn2)SC1=S. The number of rotatable bonds is 4. The molecule has 1 aliphatic heterocycles. The molecule has 0 radical (unpaired) electrons. The van der Waals surface area contributed by atoms with Gasteiger partial charge in [0.25, 0.3) is 11.6 Å². The molecule has 25 heavy (non-hydrogen) atoms. The van der Waals surface area contributed by atoms with Crippen molar-refractivity contribution in [2.24, 2.45) is 0 Å². The number of likely N-dealkylation sites (N-methyl/N-ethyl adjacent to an activating group) is 1. The average molecular weight is 389 g/mol. The van der Waals surface area contributed by atoms with Crippen molar-refractivity contribution in [2.75, 3.05) is 7.05 Å². The number of hydrogen-bond donors (Lipinski definition) is 0. The molecule has 126 valence electrons. The first kappa shape index (κ1) is 17.6. The average Bonchev–Trinajstić information content (AvgIpc) is 2.84. The number of thioether (sulfide) groups is 1. The van der Waals surface area contributed by atoms with E-state index in [4.69, 9.17) is 12.2 Å². The van der Waals surface area contributed by atoms with Gasteiger partial charge in [0.1, 0.15) is 9.35 Å². The highest BCUT2D eigenvalue weighted by atomic mass is 32.2. The van der Waals surface area contributed by atoms with Crippen LogP contribution in [0.2, 0.25) is 0 Å². The van der Waals surface area contributed by atoms with Gasteiger partial charge < -0.3 is 0 Å². The van der Waals surface area contributed by atoms with Crippen LogP contribution in [0.5, 0.6) is 0 Å². The van der Waals surface area contributed by atoms with E-state index in [0.29, 0.717) is 14.8 Å². The van der Waals surface area contributed by atoms with Crippen molar-refractivity contribution in [3.63, 3.8) is 0 Å². The number of nitro groups is 1. The summed E-state index contributed by atoms with van der Waals surface area (Å²) in [6.45, 7) is 0. The van der Waals surface area contributed by atoms with Crippen LogP contribution in [0.4, 0.5) is 5.69 Å². The summed E-state index contributed by atoms with van der Waals surface area (Å²) in [6.07, 6.45) is 3.32. The van der Waals surface area contributed by atoms with Crippen LogP contribution in [0, 0.1) is 10.1 Å². The van der Waals surface area contributed by atoms with Crippen molar-refractivity contribution in [2.45, 2.75) is 9.92 Å². The van der Waals surface area contributed by atoms with Crippen molar-refractivity contribution < 1.29 is 9.72 Å². The predicted molar refractivity (Wildman–Crippen MR) is 102 cm³/mol. The Morgan fingerprint density at radius 1 is 1.36 bits per heavy atom. The van der Waals surface area contributed by atoms with E-state index in [1.807, 2.05) is 18.2 Å². The third-order valence-corrected chi connectivity index (χ3v) is 5.86. The zero-order chi connectivity index (χ0) is 18.0. The summed E-state index contributed by atoms with van der Waals surface area (Å²) in [5.74, 6) is -0.213. The second-order valence-electron chi connectivity index (χ2n) is 4.99. The molecule has 6 nitrogen and oxygen atoms in total. The minimum Gasteiger partial charge on any atom is -0.296 e. The summed E-state index contributed by atoms with van der Waals surface area (Å²) < 4.78 is 0.459. The van der Waals surface area contributed by atoms with Gasteiger partial charge in [-0.3, -0.25) is 19.8 Å². The Morgan fingerprint density at radius 3 is 2.76 bits per heavy atom. The van der Waals surface area contributed by atoms with Gasteiger partial charge in [-0.15, -0.1) is 0 Å². The fourth-order valence-electron chi connectivity index (χ4n) is 2.06. The van der Waals surface area contributed by atoms with E-state index in [0.717, 1.165) is 9.92 Å². The van der Waals surface area contributed by atoms with E-state index in [9.17, 15) is 14.9 Å². The molecular formula is C16H11N3O3S3. The topological polar surface area (TPSA) is 76.3 Å². The van der Waals surface area contributed by atoms with Crippen LogP contribution in [-0.2, 0) is 4.79 Å². The molecule has 0 unspecified atom stereocenters. The smallest absolute Gasteiger partial charge is 0.270 e. The van der Waals surface area contributed by atoms with Crippen molar-refractivity contribution >= 4 is 57.7 Å². The number of hydrogen-bond acceptors (Lipinski definition) is 7. The summed E-state index contributed by atoms with van der Waals surface area (Å²) in [6, 6.07) is 10.1. The van der Waals surface area contributed by atoms with Crippen LogP contribution < -0.4 is 0 Å². The quantitative estimate of drug-likeness (QED) is 0.339. The molecule has 1 saturated heterocycles. The van der Waals surface area contributed by atoms with Gasteiger partial charge in [-0.25, -0.2) is 4.98 Å². The van der Waals surface area contributed by atoms with Crippen LogP contribution in [0.15, 0.2) is 57.4 Å². The number of amides is 1. The second kappa shape index (κ2) is 7.34. The Morgan fingerprint density at radius 2 is 2.16 bits per heavy atom. The Bertz CT molecular complexity index is 900. The lowest BCUT2D eigenvalue weighted by molar-refractivity contribution is -0.384. The third kappa shape index (κ3) is 3.89. The molecule has 0 saturated carbocycles. The molecule has 0 atom stereocenters. The van der Waals surface area contributed by atoms with Crippen molar-refractivity contribution in [3.05, 3.63) is 63.2 Å². The lowest BCUT2D eigenvalue weighted by Crippen LogP contribution is -2.22. The number of nitro benzene ring substituents is 1. The Kier molecular flexibility index (Phi) is 5.16. The van der Waals surface area contributed by atoms with Crippen molar-refractivity contribution in [1.29, 1.82) is 0 Å². The van der Waals surface area contributed by atoms with Crippen LogP contribution in [0.25, 0.3) is 6.08 Å². The van der Waals surface area contributed by atoms with Gasteiger partial charge in [0.05, 0.1) is 9.83 Å². The first-order chi connectivity index (χ1) is 12.0. The van der Waals surface area contributed by atoms with E-state index in [1.54, 1.807) is 25.4 Å². The maximum atomic E-state index is 12.2. The van der Waals surface area contributed by atoms with Gasteiger partial charge in [0.2, 0.25) is 0 Å². The van der Waals surface area contributed by atoms with Gasteiger partial charge in [0, 0.05) is 30.3 Å². The highest BCUT2D eigenvalue weighted by molar-refractivity contribution is 8.26. The van der Waals surface area contributed by atoms with Crippen LogP contribution in [0.3, 0.4) is 0 Å². The molecule has 3 rings (SSSR count). The van der Waals surface area contributed by atoms with Crippen LogP contribution >= 0.6 is 35.7 Å². The number of benzene rings is 1. The van der Waals surface area contributed by atoms with Gasteiger partial charge in [-0.1, -0.05) is 41.8 Å². The van der Waals surface area contributed by atoms with Gasteiger partial charge in [-0.2, -0.15) is 0 Å². The number of thiocarbonyl (C=S) groups is 1. The number of carbonyl (C=O) groups excluding carboxylic acids is 1. The molecule has 9 heteroatoms. The fraction of sp³-hybridized carbons (Fsp3) is 0.0625. The van der Waals surface area contributed by atoms with E-state index < -0.39 is 4.92 Å². The standard InChI is InChI=1S/C16H11N3O3S3/c1-18-15(20)13(25-16(18)23)9-10-8-11(19(21)22)5-6-12(10)24-14-4-2-3-7-17-14/h2-9H,1H3. The first-order valence-electron chi connectivity index (χ1n) is 7.04. The number of non-ortho nitro benzene ring substituents is 1. The lowest BCUT2D eigenvalue weighted by atomic mass is 10.2. The van der Waals surface area contributed by atoms with E-state index in [2.05, 4.69) is 4.98 Å². The molecule has 1 amide bonds. The molecule has 0 N–H and O–H groups in total. The Labute approximate surface area is 157 Å². The summed E-state index contributed by atoms with van der Waals surface area (Å²) in [7, 11) is 1.61. The number of carbonyl (C=O) groups is 1.